The second kappa shape index (κ2) is 13.8. The zero-order chi connectivity index (χ0) is 27.3. The Bertz CT molecular complexity index is 1310. The fourth-order valence-corrected chi connectivity index (χ4v) is 7.04. The summed E-state index contributed by atoms with van der Waals surface area (Å²) in [5.74, 6) is 1.09. The minimum Gasteiger partial charge on any atom is -0.454 e. The largest absolute Gasteiger partial charge is 0.454 e. The predicted molar refractivity (Wildman–Crippen MR) is 158 cm³/mol. The molecule has 1 aliphatic heterocycles. The Morgan fingerprint density at radius 1 is 0.923 bits per heavy atom. The average Bonchev–Trinajstić information content (AvgIpc) is 3.55. The lowest BCUT2D eigenvalue weighted by atomic mass is 10.2. The van der Waals surface area contributed by atoms with Crippen LogP contribution in [0.1, 0.15) is 50.9 Å². The fourth-order valence-electron chi connectivity index (χ4n) is 4.41. The Hall–Kier alpha value is -2.44. The summed E-state index contributed by atoms with van der Waals surface area (Å²) in [5.41, 5.74) is 1.15. The van der Waals surface area contributed by atoms with Crippen molar-refractivity contribution in [3.8, 4) is 11.5 Å². The number of carbonyl (C=O) groups is 1. The van der Waals surface area contributed by atoms with E-state index in [0.29, 0.717) is 48.4 Å². The van der Waals surface area contributed by atoms with Gasteiger partial charge in [0.15, 0.2) is 16.6 Å². The number of nitrogens with zero attached hydrogens (tertiary/aromatic N) is 4. The third-order valence-electron chi connectivity index (χ3n) is 6.57. The Kier molecular flexibility index (Phi) is 11.0. The van der Waals surface area contributed by atoms with Gasteiger partial charge in [0.1, 0.15) is 0 Å². The third kappa shape index (κ3) is 6.83. The van der Waals surface area contributed by atoms with E-state index in [1.807, 2.05) is 26.0 Å². The van der Waals surface area contributed by atoms with E-state index < -0.39 is 10.0 Å². The molecule has 2 heterocycles. The van der Waals surface area contributed by atoms with Crippen molar-refractivity contribution in [2.75, 3.05) is 51.0 Å². The number of rotatable bonds is 13. The van der Waals surface area contributed by atoms with Crippen molar-refractivity contribution in [1.29, 1.82) is 0 Å². The van der Waals surface area contributed by atoms with Gasteiger partial charge >= 0.3 is 0 Å². The van der Waals surface area contributed by atoms with Crippen molar-refractivity contribution in [3.05, 3.63) is 42.0 Å². The standard InChI is InChI=1S/C27H36N4O5S2.ClH/c1-5-13-30(14-6-2)38(33,34)21-11-9-20(10-12-21)26(32)31(16-15-29(7-3)8-4)27-28-22-17-23-24(36-19-35-23)18-25(22)37-27;/h9-12,17-18H,5-8,13-16,19H2,1-4H3;1H. The molecule has 0 radical (unpaired) electrons. The van der Waals surface area contributed by atoms with Crippen molar-refractivity contribution < 1.29 is 22.7 Å². The van der Waals surface area contributed by atoms with E-state index in [-0.39, 0.29) is 30.0 Å². The predicted octanol–water partition coefficient (Wildman–Crippen LogP) is 5.25. The van der Waals surface area contributed by atoms with Gasteiger partial charge in [-0.05, 0) is 50.2 Å². The number of likely N-dealkylation sites (N-methyl/N-ethyl adjacent to an activating group) is 1. The monoisotopic (exact) mass is 596 g/mol. The molecule has 0 bridgehead atoms. The van der Waals surface area contributed by atoms with Crippen molar-refractivity contribution in [2.45, 2.75) is 45.4 Å². The lowest BCUT2D eigenvalue weighted by molar-refractivity contribution is 0.0983. The lowest BCUT2D eigenvalue weighted by Gasteiger charge is -2.25. The summed E-state index contributed by atoms with van der Waals surface area (Å²) in [6.07, 6.45) is 1.47. The number of halogens is 1. The van der Waals surface area contributed by atoms with Crippen LogP contribution >= 0.6 is 23.7 Å². The molecule has 1 aliphatic rings. The van der Waals surface area contributed by atoms with Gasteiger partial charge in [-0.3, -0.25) is 9.69 Å². The Balaban J connectivity index is 0.00000420. The molecule has 3 aromatic rings. The first-order chi connectivity index (χ1) is 18.3. The zero-order valence-corrected chi connectivity index (χ0v) is 25.3. The van der Waals surface area contributed by atoms with Crippen LogP contribution in [0, 0.1) is 0 Å². The van der Waals surface area contributed by atoms with Gasteiger partial charge < -0.3 is 14.4 Å². The number of anilines is 1. The SMILES string of the molecule is CCCN(CCC)S(=O)(=O)c1ccc(C(=O)N(CCN(CC)CC)c2nc3cc4c(cc3s2)OCO4)cc1.Cl. The summed E-state index contributed by atoms with van der Waals surface area (Å²) < 4.78 is 39.7. The normalized spacial score (nSPS) is 12.8. The number of hydrogen-bond acceptors (Lipinski definition) is 8. The summed E-state index contributed by atoms with van der Waals surface area (Å²) in [4.78, 5) is 22.7. The number of aromatic nitrogens is 1. The molecule has 0 aliphatic carbocycles. The van der Waals surface area contributed by atoms with Crippen LogP contribution in [0.5, 0.6) is 11.5 Å². The van der Waals surface area contributed by atoms with Crippen LogP contribution in [-0.2, 0) is 10.0 Å². The molecule has 0 unspecified atom stereocenters. The molecule has 0 saturated heterocycles. The first kappa shape index (κ1) is 31.1. The quantitative estimate of drug-likeness (QED) is 0.266. The number of amides is 1. The number of benzene rings is 2. The molecule has 0 atom stereocenters. The highest BCUT2D eigenvalue weighted by Gasteiger charge is 2.26. The summed E-state index contributed by atoms with van der Waals surface area (Å²) >= 11 is 1.42. The van der Waals surface area contributed by atoms with Crippen LogP contribution in [-0.4, -0.2) is 74.6 Å². The van der Waals surface area contributed by atoms with E-state index in [0.717, 1.165) is 36.1 Å². The van der Waals surface area contributed by atoms with E-state index in [2.05, 4.69) is 18.7 Å². The maximum atomic E-state index is 13.8. The Morgan fingerprint density at radius 2 is 1.54 bits per heavy atom. The molecular weight excluding hydrogens is 560 g/mol. The molecular formula is C27H37ClN4O5S2. The third-order valence-corrected chi connectivity index (χ3v) is 9.52. The van der Waals surface area contributed by atoms with Gasteiger partial charge in [0.25, 0.3) is 5.91 Å². The van der Waals surface area contributed by atoms with E-state index in [9.17, 15) is 13.2 Å². The highest BCUT2D eigenvalue weighted by Crippen LogP contribution is 2.40. The zero-order valence-electron chi connectivity index (χ0n) is 22.9. The van der Waals surface area contributed by atoms with Crippen molar-refractivity contribution >= 4 is 55.0 Å². The molecule has 0 spiro atoms. The fraction of sp³-hybridized carbons (Fsp3) is 0.481. The van der Waals surface area contributed by atoms with Crippen LogP contribution in [0.25, 0.3) is 10.2 Å². The topological polar surface area (TPSA) is 92.3 Å². The Labute approximate surface area is 241 Å². The number of carbonyl (C=O) groups excluding carboxylic acids is 1. The average molecular weight is 597 g/mol. The van der Waals surface area contributed by atoms with Crippen molar-refractivity contribution in [2.24, 2.45) is 0 Å². The Morgan fingerprint density at radius 3 is 2.13 bits per heavy atom. The molecule has 12 heteroatoms. The smallest absolute Gasteiger partial charge is 0.260 e. The van der Waals surface area contributed by atoms with Crippen molar-refractivity contribution in [1.82, 2.24) is 14.2 Å². The summed E-state index contributed by atoms with van der Waals surface area (Å²) in [6, 6.07) is 9.98. The first-order valence-corrected chi connectivity index (χ1v) is 15.4. The number of ether oxygens (including phenoxy) is 2. The van der Waals surface area contributed by atoms with Gasteiger partial charge in [-0.15, -0.1) is 12.4 Å². The molecule has 2 aromatic carbocycles. The van der Waals surface area contributed by atoms with E-state index >= 15 is 0 Å². The maximum absolute atomic E-state index is 13.8. The van der Waals surface area contributed by atoms with Crippen LogP contribution in [0.4, 0.5) is 5.13 Å². The number of sulfonamides is 1. The number of thiazole rings is 1. The molecule has 39 heavy (non-hydrogen) atoms. The lowest BCUT2D eigenvalue weighted by Crippen LogP contribution is -2.39. The van der Waals surface area contributed by atoms with Crippen LogP contribution < -0.4 is 14.4 Å². The minimum absolute atomic E-state index is 0. The van der Waals surface area contributed by atoms with E-state index in [4.69, 9.17) is 14.5 Å². The molecule has 0 fully saturated rings. The van der Waals surface area contributed by atoms with Crippen LogP contribution in [0.2, 0.25) is 0 Å². The number of fused-ring (bicyclic) bond motifs is 2. The van der Waals surface area contributed by atoms with Crippen LogP contribution in [0.15, 0.2) is 41.3 Å². The summed E-state index contributed by atoms with van der Waals surface area (Å²) in [7, 11) is -3.62. The highest BCUT2D eigenvalue weighted by molar-refractivity contribution is 7.89. The maximum Gasteiger partial charge on any atom is 0.260 e. The van der Waals surface area contributed by atoms with Gasteiger partial charge in [-0.2, -0.15) is 4.31 Å². The highest BCUT2D eigenvalue weighted by atomic mass is 35.5. The summed E-state index contributed by atoms with van der Waals surface area (Å²) in [6.45, 7) is 12.1. The molecule has 1 amide bonds. The molecule has 4 rings (SSSR count). The minimum atomic E-state index is -3.62. The van der Waals surface area contributed by atoms with E-state index in [1.165, 1.54) is 27.8 Å². The van der Waals surface area contributed by atoms with Gasteiger partial charge in [0.05, 0.1) is 15.1 Å². The first-order valence-electron chi connectivity index (χ1n) is 13.2. The second-order valence-electron chi connectivity index (χ2n) is 9.08. The van der Waals surface area contributed by atoms with Crippen LogP contribution in [0.3, 0.4) is 0 Å². The molecule has 1 aromatic heterocycles. The second-order valence-corrected chi connectivity index (χ2v) is 12.0. The van der Waals surface area contributed by atoms with Gasteiger partial charge in [-0.1, -0.05) is 39.0 Å². The molecule has 9 nitrogen and oxygen atoms in total. The summed E-state index contributed by atoms with van der Waals surface area (Å²) in [5, 5.41) is 0.578. The molecule has 214 valence electrons. The molecule has 0 saturated carbocycles. The van der Waals surface area contributed by atoms with E-state index in [1.54, 1.807) is 17.0 Å². The van der Waals surface area contributed by atoms with Crippen molar-refractivity contribution in [3.63, 3.8) is 0 Å². The van der Waals surface area contributed by atoms with Gasteiger partial charge in [0, 0.05) is 43.9 Å². The van der Waals surface area contributed by atoms with Gasteiger partial charge in [-0.25, -0.2) is 13.4 Å². The molecule has 0 N–H and O–H groups in total. The number of hydrogen-bond donors (Lipinski definition) is 0. The van der Waals surface area contributed by atoms with Gasteiger partial charge in [0.2, 0.25) is 16.8 Å².